The number of nitrogens with one attached hydrogen (secondary N) is 1. The molecule has 1 atom stereocenters. The average molecular weight is 297 g/mol. The summed E-state index contributed by atoms with van der Waals surface area (Å²) in [5, 5.41) is 3.62. The van der Waals surface area contributed by atoms with E-state index in [9.17, 15) is 0 Å². The summed E-state index contributed by atoms with van der Waals surface area (Å²) >= 11 is 2.12. The minimum Gasteiger partial charge on any atom is -0.311 e. The molecule has 1 aliphatic heterocycles. The van der Waals surface area contributed by atoms with Gasteiger partial charge in [-0.25, -0.2) is 0 Å². The van der Waals surface area contributed by atoms with Crippen LogP contribution in [0.25, 0.3) is 11.1 Å². The van der Waals surface area contributed by atoms with Crippen LogP contribution in [-0.4, -0.2) is 17.0 Å². The van der Waals surface area contributed by atoms with Crippen molar-refractivity contribution in [2.24, 2.45) is 0 Å². The molecule has 0 radical (unpaired) electrons. The van der Waals surface area contributed by atoms with Crippen molar-refractivity contribution >= 4 is 11.8 Å². The normalized spacial score (nSPS) is 21.6. The van der Waals surface area contributed by atoms with Crippen LogP contribution in [0, 0.1) is 0 Å². The van der Waals surface area contributed by atoms with E-state index in [1.54, 1.807) is 0 Å². The highest BCUT2D eigenvalue weighted by atomic mass is 32.2. The third-order valence-corrected chi connectivity index (χ3v) is 5.73. The summed E-state index contributed by atoms with van der Waals surface area (Å²) in [4.78, 5) is 0. The van der Waals surface area contributed by atoms with Crippen LogP contribution in [0.2, 0.25) is 0 Å². The molecule has 1 saturated heterocycles. The SMILES string of the molecule is CC1(CNCc2ccc(-c3ccccc3)cc2)CCCS1. The van der Waals surface area contributed by atoms with Gasteiger partial charge in [-0.05, 0) is 42.2 Å². The molecule has 0 amide bonds. The van der Waals surface area contributed by atoms with Gasteiger partial charge < -0.3 is 5.32 Å². The predicted molar refractivity (Wildman–Crippen MR) is 93.7 cm³/mol. The van der Waals surface area contributed by atoms with E-state index in [0.717, 1.165) is 13.1 Å². The van der Waals surface area contributed by atoms with Crippen molar-refractivity contribution in [2.45, 2.75) is 31.1 Å². The van der Waals surface area contributed by atoms with Crippen LogP contribution < -0.4 is 5.32 Å². The van der Waals surface area contributed by atoms with Crippen molar-refractivity contribution in [3.63, 3.8) is 0 Å². The van der Waals surface area contributed by atoms with Crippen molar-refractivity contribution in [3.05, 3.63) is 60.2 Å². The lowest BCUT2D eigenvalue weighted by Crippen LogP contribution is -2.32. The standard InChI is InChI=1S/C19H23NS/c1-19(12-5-13-21-19)15-20-14-16-8-10-18(11-9-16)17-6-3-2-4-7-17/h2-4,6-11,20H,5,12-15H2,1H3. The first kappa shape index (κ1) is 14.7. The van der Waals surface area contributed by atoms with Crippen molar-refractivity contribution in [2.75, 3.05) is 12.3 Å². The molecule has 3 rings (SSSR count). The Bertz CT molecular complexity index is 556. The van der Waals surface area contributed by atoms with Crippen LogP contribution in [0.15, 0.2) is 54.6 Å². The summed E-state index contributed by atoms with van der Waals surface area (Å²) in [6.07, 6.45) is 2.71. The topological polar surface area (TPSA) is 12.0 Å². The monoisotopic (exact) mass is 297 g/mol. The maximum atomic E-state index is 3.62. The zero-order valence-electron chi connectivity index (χ0n) is 12.6. The second-order valence-electron chi connectivity index (χ2n) is 6.07. The Balaban J connectivity index is 1.55. The van der Waals surface area contributed by atoms with Crippen LogP contribution in [0.1, 0.15) is 25.3 Å². The van der Waals surface area contributed by atoms with Crippen molar-refractivity contribution in [1.82, 2.24) is 5.32 Å². The van der Waals surface area contributed by atoms with Gasteiger partial charge in [0.25, 0.3) is 0 Å². The molecule has 1 unspecified atom stereocenters. The number of hydrogen-bond donors (Lipinski definition) is 1. The number of rotatable bonds is 5. The van der Waals surface area contributed by atoms with Gasteiger partial charge in [0.1, 0.15) is 0 Å². The summed E-state index contributed by atoms with van der Waals surface area (Å²) in [6.45, 7) is 4.46. The molecule has 0 spiro atoms. The lowest BCUT2D eigenvalue weighted by atomic mass is 10.0. The van der Waals surface area contributed by atoms with Gasteiger partial charge in [0.2, 0.25) is 0 Å². The molecule has 2 aromatic carbocycles. The Morgan fingerprint density at radius 1 is 1.00 bits per heavy atom. The van der Waals surface area contributed by atoms with Gasteiger partial charge >= 0.3 is 0 Å². The Morgan fingerprint density at radius 3 is 2.38 bits per heavy atom. The molecule has 1 nitrogen and oxygen atoms in total. The first-order valence-corrected chi connectivity index (χ1v) is 8.73. The summed E-state index contributed by atoms with van der Waals surface area (Å²) in [7, 11) is 0. The molecule has 21 heavy (non-hydrogen) atoms. The number of benzene rings is 2. The maximum Gasteiger partial charge on any atom is 0.0256 e. The smallest absolute Gasteiger partial charge is 0.0256 e. The molecule has 1 aliphatic rings. The molecule has 0 saturated carbocycles. The zero-order chi connectivity index (χ0) is 14.5. The lowest BCUT2D eigenvalue weighted by molar-refractivity contribution is 0.537. The summed E-state index contributed by atoms with van der Waals surface area (Å²) in [5.41, 5.74) is 3.94. The van der Waals surface area contributed by atoms with Gasteiger partial charge in [0, 0.05) is 17.8 Å². The van der Waals surface area contributed by atoms with E-state index in [4.69, 9.17) is 0 Å². The van der Waals surface area contributed by atoms with E-state index in [-0.39, 0.29) is 0 Å². The van der Waals surface area contributed by atoms with Gasteiger partial charge in [0.05, 0.1) is 0 Å². The highest BCUT2D eigenvalue weighted by Gasteiger charge is 2.28. The average Bonchev–Trinajstić information content (AvgIpc) is 2.96. The fraction of sp³-hybridized carbons (Fsp3) is 0.368. The third kappa shape index (κ3) is 3.90. The lowest BCUT2D eigenvalue weighted by Gasteiger charge is -2.23. The van der Waals surface area contributed by atoms with E-state index in [0.29, 0.717) is 4.75 Å². The molecule has 1 N–H and O–H groups in total. The second-order valence-corrected chi connectivity index (χ2v) is 7.75. The highest BCUT2D eigenvalue weighted by molar-refractivity contribution is 8.00. The Labute approximate surface area is 132 Å². The van der Waals surface area contributed by atoms with Crippen LogP contribution in [0.4, 0.5) is 0 Å². The molecule has 0 aliphatic carbocycles. The van der Waals surface area contributed by atoms with Crippen LogP contribution in [-0.2, 0) is 6.54 Å². The fourth-order valence-electron chi connectivity index (χ4n) is 2.89. The Hall–Kier alpha value is -1.25. The molecule has 1 fully saturated rings. The first-order valence-electron chi connectivity index (χ1n) is 7.74. The van der Waals surface area contributed by atoms with Crippen LogP contribution in [0.5, 0.6) is 0 Å². The fourth-order valence-corrected chi connectivity index (χ4v) is 4.17. The second kappa shape index (κ2) is 6.67. The van der Waals surface area contributed by atoms with Crippen LogP contribution in [0.3, 0.4) is 0 Å². The van der Waals surface area contributed by atoms with E-state index in [1.165, 1.54) is 35.3 Å². The van der Waals surface area contributed by atoms with Crippen molar-refractivity contribution < 1.29 is 0 Å². The third-order valence-electron chi connectivity index (χ3n) is 4.19. The van der Waals surface area contributed by atoms with Gasteiger partial charge in [-0.2, -0.15) is 11.8 Å². The molecule has 2 aromatic rings. The minimum atomic E-state index is 0.448. The van der Waals surface area contributed by atoms with Gasteiger partial charge in [-0.1, -0.05) is 54.6 Å². The van der Waals surface area contributed by atoms with E-state index >= 15 is 0 Å². The molecular weight excluding hydrogens is 274 g/mol. The van der Waals surface area contributed by atoms with Crippen molar-refractivity contribution in [3.8, 4) is 11.1 Å². The predicted octanol–water partition coefficient (Wildman–Crippen LogP) is 4.73. The van der Waals surface area contributed by atoms with E-state index < -0.39 is 0 Å². The quantitative estimate of drug-likeness (QED) is 0.856. The molecule has 110 valence electrons. The molecule has 0 aromatic heterocycles. The maximum absolute atomic E-state index is 3.62. The highest BCUT2D eigenvalue weighted by Crippen LogP contribution is 2.37. The largest absolute Gasteiger partial charge is 0.311 e. The van der Waals surface area contributed by atoms with Crippen molar-refractivity contribution in [1.29, 1.82) is 0 Å². The first-order chi connectivity index (χ1) is 10.3. The molecule has 2 heteroatoms. The number of thioether (sulfide) groups is 1. The van der Waals surface area contributed by atoms with E-state index in [2.05, 4.69) is 78.6 Å². The zero-order valence-corrected chi connectivity index (χ0v) is 13.5. The minimum absolute atomic E-state index is 0.448. The Kier molecular flexibility index (Phi) is 4.67. The van der Waals surface area contributed by atoms with Gasteiger partial charge in [0.15, 0.2) is 0 Å². The Morgan fingerprint density at radius 2 is 1.71 bits per heavy atom. The molecule has 0 bridgehead atoms. The summed E-state index contributed by atoms with van der Waals surface area (Å²) in [5.74, 6) is 1.32. The van der Waals surface area contributed by atoms with E-state index in [1.807, 2.05) is 0 Å². The van der Waals surface area contributed by atoms with Crippen LogP contribution >= 0.6 is 11.8 Å². The summed E-state index contributed by atoms with van der Waals surface area (Å²) < 4.78 is 0.448. The molecule has 1 heterocycles. The van der Waals surface area contributed by atoms with Gasteiger partial charge in [-0.15, -0.1) is 0 Å². The van der Waals surface area contributed by atoms with Gasteiger partial charge in [-0.3, -0.25) is 0 Å². The summed E-state index contributed by atoms with van der Waals surface area (Å²) in [6, 6.07) is 19.5. The number of hydrogen-bond acceptors (Lipinski definition) is 2. The molecular formula is C19H23NS.